The van der Waals surface area contributed by atoms with E-state index in [1.165, 1.54) is 0 Å². The van der Waals surface area contributed by atoms with Gasteiger partial charge >= 0.3 is 0 Å². The molecular weight excluding hydrogens is 154 g/mol. The van der Waals surface area contributed by atoms with Gasteiger partial charge in [-0.1, -0.05) is 13.3 Å². The van der Waals surface area contributed by atoms with Crippen molar-refractivity contribution in [3.63, 3.8) is 0 Å². The predicted molar refractivity (Wildman–Crippen MR) is 46.6 cm³/mol. The van der Waals surface area contributed by atoms with Crippen LogP contribution in [0.4, 0.5) is 0 Å². The number of amides is 1. The van der Waals surface area contributed by atoms with Crippen molar-refractivity contribution in [3.05, 3.63) is 0 Å². The highest BCUT2D eigenvalue weighted by Crippen LogP contribution is 2.24. The molecule has 0 aromatic rings. The van der Waals surface area contributed by atoms with E-state index < -0.39 is 0 Å². The van der Waals surface area contributed by atoms with E-state index in [0.29, 0.717) is 12.3 Å². The van der Waals surface area contributed by atoms with Gasteiger partial charge in [-0.3, -0.25) is 4.79 Å². The fraction of sp³-hybridized carbons (Fsp3) is 0.889. The fourth-order valence-electron chi connectivity index (χ4n) is 1.75. The summed E-state index contributed by atoms with van der Waals surface area (Å²) in [5.74, 6) is 0.390. The quantitative estimate of drug-likeness (QED) is 0.656. The molecule has 1 amide bonds. The topological polar surface area (TPSA) is 49.3 Å². The number of carbonyl (C=O) groups is 1. The van der Waals surface area contributed by atoms with Crippen LogP contribution in [0.25, 0.3) is 0 Å². The van der Waals surface area contributed by atoms with Gasteiger partial charge < -0.3 is 10.4 Å². The molecule has 0 spiro atoms. The molecule has 0 saturated heterocycles. The van der Waals surface area contributed by atoms with Crippen molar-refractivity contribution in [2.45, 2.75) is 38.6 Å². The standard InChI is InChI=1S/C9H17NO2/c1-2-9(12)10-8-5-3-4-7(8)6-11/h7-8,11H,2-6H2,1H3,(H,10,12)/t7-,8-/m1/s1. The van der Waals surface area contributed by atoms with Crippen LogP contribution in [0.2, 0.25) is 0 Å². The molecule has 3 heteroatoms. The molecule has 2 N–H and O–H groups in total. The average molecular weight is 171 g/mol. The van der Waals surface area contributed by atoms with Gasteiger partial charge in [0.05, 0.1) is 0 Å². The highest BCUT2D eigenvalue weighted by molar-refractivity contribution is 5.75. The van der Waals surface area contributed by atoms with E-state index in [-0.39, 0.29) is 18.6 Å². The third-order valence-electron chi connectivity index (χ3n) is 2.56. The van der Waals surface area contributed by atoms with Gasteiger partial charge in [0.2, 0.25) is 5.91 Å². The average Bonchev–Trinajstić information content (AvgIpc) is 2.51. The van der Waals surface area contributed by atoms with Crippen LogP contribution < -0.4 is 5.32 Å². The highest BCUT2D eigenvalue weighted by atomic mass is 16.3. The normalized spacial score (nSPS) is 28.8. The highest BCUT2D eigenvalue weighted by Gasteiger charge is 2.27. The van der Waals surface area contributed by atoms with E-state index in [1.807, 2.05) is 6.92 Å². The lowest BCUT2D eigenvalue weighted by molar-refractivity contribution is -0.121. The SMILES string of the molecule is CCC(=O)N[C@@H]1CCC[C@@H]1CO. The van der Waals surface area contributed by atoms with Crippen molar-refractivity contribution in [2.24, 2.45) is 5.92 Å². The zero-order chi connectivity index (χ0) is 8.97. The van der Waals surface area contributed by atoms with E-state index in [1.54, 1.807) is 0 Å². The summed E-state index contributed by atoms with van der Waals surface area (Å²) >= 11 is 0. The van der Waals surface area contributed by atoms with Gasteiger partial charge in [-0.15, -0.1) is 0 Å². The molecule has 0 heterocycles. The first-order valence-corrected chi connectivity index (χ1v) is 4.68. The largest absolute Gasteiger partial charge is 0.396 e. The molecular formula is C9H17NO2. The molecule has 1 aliphatic rings. The van der Waals surface area contributed by atoms with Crippen molar-refractivity contribution in [1.29, 1.82) is 0 Å². The van der Waals surface area contributed by atoms with E-state index in [9.17, 15) is 4.79 Å². The number of rotatable bonds is 3. The summed E-state index contributed by atoms with van der Waals surface area (Å²) < 4.78 is 0. The monoisotopic (exact) mass is 171 g/mol. The summed E-state index contributed by atoms with van der Waals surface area (Å²) in [4.78, 5) is 11.0. The minimum Gasteiger partial charge on any atom is -0.396 e. The van der Waals surface area contributed by atoms with Crippen LogP contribution in [-0.4, -0.2) is 23.7 Å². The van der Waals surface area contributed by atoms with Crippen LogP contribution in [0.3, 0.4) is 0 Å². The van der Waals surface area contributed by atoms with E-state index in [2.05, 4.69) is 5.32 Å². The van der Waals surface area contributed by atoms with Crippen LogP contribution in [0, 0.1) is 5.92 Å². The number of nitrogens with one attached hydrogen (secondary N) is 1. The molecule has 2 atom stereocenters. The summed E-state index contributed by atoms with van der Waals surface area (Å²) in [5, 5.41) is 11.9. The lowest BCUT2D eigenvalue weighted by Gasteiger charge is -2.18. The van der Waals surface area contributed by atoms with Gasteiger partial charge in [-0.05, 0) is 12.8 Å². The lowest BCUT2D eigenvalue weighted by atomic mass is 10.1. The number of aliphatic hydroxyl groups is 1. The van der Waals surface area contributed by atoms with Crippen molar-refractivity contribution in [1.82, 2.24) is 5.32 Å². The van der Waals surface area contributed by atoms with Crippen LogP contribution in [-0.2, 0) is 4.79 Å². The zero-order valence-electron chi connectivity index (χ0n) is 7.55. The van der Waals surface area contributed by atoms with E-state index >= 15 is 0 Å². The Morgan fingerprint density at radius 3 is 2.92 bits per heavy atom. The van der Waals surface area contributed by atoms with Gasteiger partial charge in [-0.2, -0.15) is 0 Å². The second-order valence-corrected chi connectivity index (χ2v) is 3.40. The van der Waals surface area contributed by atoms with Crippen LogP contribution in [0.15, 0.2) is 0 Å². The smallest absolute Gasteiger partial charge is 0.219 e. The minimum atomic E-state index is 0.0975. The summed E-state index contributed by atoms with van der Waals surface area (Å²) in [6.07, 6.45) is 3.73. The van der Waals surface area contributed by atoms with E-state index in [4.69, 9.17) is 5.11 Å². The number of hydrogen-bond donors (Lipinski definition) is 2. The Kier molecular flexibility index (Phi) is 3.53. The predicted octanol–water partition coefficient (Wildman–Crippen LogP) is 0.674. The Balaban J connectivity index is 2.35. The Hall–Kier alpha value is -0.570. The van der Waals surface area contributed by atoms with Gasteiger partial charge in [0.15, 0.2) is 0 Å². The summed E-state index contributed by atoms with van der Waals surface area (Å²) in [6.45, 7) is 2.05. The van der Waals surface area contributed by atoms with Gasteiger partial charge in [0.1, 0.15) is 0 Å². The van der Waals surface area contributed by atoms with Crippen LogP contribution in [0.1, 0.15) is 32.6 Å². The molecule has 0 bridgehead atoms. The van der Waals surface area contributed by atoms with Crippen molar-refractivity contribution in [3.8, 4) is 0 Å². The Morgan fingerprint density at radius 2 is 2.33 bits per heavy atom. The number of hydrogen-bond acceptors (Lipinski definition) is 2. The number of aliphatic hydroxyl groups excluding tert-OH is 1. The molecule has 0 radical (unpaired) electrons. The Labute approximate surface area is 73.2 Å². The molecule has 1 rings (SSSR count). The first-order chi connectivity index (χ1) is 5.77. The molecule has 0 unspecified atom stereocenters. The number of carbonyl (C=O) groups excluding carboxylic acids is 1. The minimum absolute atomic E-state index is 0.0975. The first kappa shape index (κ1) is 9.52. The molecule has 12 heavy (non-hydrogen) atoms. The third kappa shape index (κ3) is 2.21. The summed E-state index contributed by atoms with van der Waals surface area (Å²) in [7, 11) is 0. The third-order valence-corrected chi connectivity index (χ3v) is 2.56. The van der Waals surface area contributed by atoms with Crippen LogP contribution >= 0.6 is 0 Å². The van der Waals surface area contributed by atoms with Gasteiger partial charge in [0.25, 0.3) is 0 Å². The van der Waals surface area contributed by atoms with Crippen molar-refractivity contribution in [2.75, 3.05) is 6.61 Å². The molecule has 1 aliphatic carbocycles. The molecule has 1 saturated carbocycles. The lowest BCUT2D eigenvalue weighted by Crippen LogP contribution is -2.38. The molecule has 0 aromatic heterocycles. The maximum atomic E-state index is 11.0. The second kappa shape index (κ2) is 4.45. The van der Waals surface area contributed by atoms with Gasteiger partial charge in [-0.25, -0.2) is 0 Å². The molecule has 1 fully saturated rings. The van der Waals surface area contributed by atoms with Crippen LogP contribution in [0.5, 0.6) is 0 Å². The molecule has 0 aliphatic heterocycles. The van der Waals surface area contributed by atoms with E-state index in [0.717, 1.165) is 19.3 Å². The summed E-state index contributed by atoms with van der Waals surface area (Å²) in [5.41, 5.74) is 0. The van der Waals surface area contributed by atoms with Crippen molar-refractivity contribution < 1.29 is 9.90 Å². The maximum absolute atomic E-state index is 11.0. The van der Waals surface area contributed by atoms with Crippen molar-refractivity contribution >= 4 is 5.91 Å². The first-order valence-electron chi connectivity index (χ1n) is 4.68. The fourth-order valence-corrected chi connectivity index (χ4v) is 1.75. The van der Waals surface area contributed by atoms with Gasteiger partial charge in [0, 0.05) is 25.0 Å². The Morgan fingerprint density at radius 1 is 1.58 bits per heavy atom. The second-order valence-electron chi connectivity index (χ2n) is 3.40. The zero-order valence-corrected chi connectivity index (χ0v) is 7.55. The maximum Gasteiger partial charge on any atom is 0.219 e. The molecule has 3 nitrogen and oxygen atoms in total. The molecule has 0 aromatic carbocycles. The Bertz CT molecular complexity index is 159. The molecule has 70 valence electrons. The summed E-state index contributed by atoms with van der Waals surface area (Å²) in [6, 6.07) is 0.224.